The van der Waals surface area contributed by atoms with E-state index >= 15 is 0 Å². The average molecular weight is 340 g/mol. The number of ether oxygens (including phenoxy) is 3. The third-order valence-electron chi connectivity index (χ3n) is 3.80. The lowest BCUT2D eigenvalue weighted by atomic mass is 10.1. The van der Waals surface area contributed by atoms with Crippen molar-refractivity contribution in [2.24, 2.45) is 0 Å². The number of aryl methyl sites for hydroxylation is 1. The van der Waals surface area contributed by atoms with Gasteiger partial charge in [-0.2, -0.15) is 5.26 Å². The molecule has 0 saturated carbocycles. The van der Waals surface area contributed by atoms with E-state index in [0.717, 1.165) is 17.7 Å². The smallest absolute Gasteiger partial charge is 0.337 e. The molecule has 0 bridgehead atoms. The first kappa shape index (κ1) is 18.3. The van der Waals surface area contributed by atoms with Gasteiger partial charge in [0.05, 0.1) is 31.5 Å². The number of nitriles is 1. The van der Waals surface area contributed by atoms with Gasteiger partial charge < -0.3 is 14.2 Å². The standard InChI is InChI=1S/C19H20N2O4/c1-5-15-9-16(18(23-3)11-21-15)12(2)25-17-7-6-13(19(22)24-4)8-14(17)10-20/h6-9,11-12H,5H2,1-4H3. The molecule has 1 atom stereocenters. The Morgan fingerprint density at radius 1 is 1.28 bits per heavy atom. The normalized spacial score (nSPS) is 11.3. The van der Waals surface area contributed by atoms with Crippen LogP contribution >= 0.6 is 0 Å². The van der Waals surface area contributed by atoms with Gasteiger partial charge in [-0.3, -0.25) is 4.98 Å². The largest absolute Gasteiger partial charge is 0.495 e. The summed E-state index contributed by atoms with van der Waals surface area (Å²) in [6.07, 6.45) is 2.10. The Bertz CT molecular complexity index is 812. The number of hydrogen-bond acceptors (Lipinski definition) is 6. The summed E-state index contributed by atoms with van der Waals surface area (Å²) < 4.78 is 16.0. The highest BCUT2D eigenvalue weighted by atomic mass is 16.5. The van der Waals surface area contributed by atoms with E-state index in [9.17, 15) is 10.1 Å². The second-order valence-corrected chi connectivity index (χ2v) is 5.35. The van der Waals surface area contributed by atoms with Gasteiger partial charge in [0, 0.05) is 11.3 Å². The number of benzene rings is 1. The van der Waals surface area contributed by atoms with Crippen molar-refractivity contribution >= 4 is 5.97 Å². The van der Waals surface area contributed by atoms with E-state index in [0.29, 0.717) is 17.1 Å². The zero-order valence-electron chi connectivity index (χ0n) is 14.7. The van der Waals surface area contributed by atoms with Crippen LogP contribution in [0.2, 0.25) is 0 Å². The van der Waals surface area contributed by atoms with Crippen LogP contribution in [0.1, 0.15) is 47.1 Å². The van der Waals surface area contributed by atoms with Gasteiger partial charge in [-0.1, -0.05) is 6.92 Å². The molecule has 2 rings (SSSR count). The number of aromatic nitrogens is 1. The molecule has 1 aromatic carbocycles. The quantitative estimate of drug-likeness (QED) is 0.749. The average Bonchev–Trinajstić information content (AvgIpc) is 2.66. The van der Waals surface area contributed by atoms with Crippen LogP contribution in [-0.2, 0) is 11.2 Å². The van der Waals surface area contributed by atoms with Crippen LogP contribution in [0.4, 0.5) is 0 Å². The van der Waals surface area contributed by atoms with Crippen molar-refractivity contribution in [3.8, 4) is 17.6 Å². The third-order valence-corrected chi connectivity index (χ3v) is 3.80. The van der Waals surface area contributed by atoms with Crippen molar-refractivity contribution in [3.63, 3.8) is 0 Å². The molecular formula is C19H20N2O4. The lowest BCUT2D eigenvalue weighted by Gasteiger charge is -2.19. The van der Waals surface area contributed by atoms with Crippen LogP contribution in [0.5, 0.6) is 11.5 Å². The highest BCUT2D eigenvalue weighted by molar-refractivity contribution is 5.90. The molecule has 0 saturated heterocycles. The molecule has 0 amide bonds. The maximum atomic E-state index is 11.6. The minimum Gasteiger partial charge on any atom is -0.495 e. The Hall–Kier alpha value is -3.07. The molecule has 1 unspecified atom stereocenters. The molecule has 0 aliphatic heterocycles. The van der Waals surface area contributed by atoms with Crippen molar-refractivity contribution < 1.29 is 19.0 Å². The first-order valence-corrected chi connectivity index (χ1v) is 7.85. The van der Waals surface area contributed by atoms with Gasteiger partial charge >= 0.3 is 5.97 Å². The Kier molecular flexibility index (Phi) is 5.96. The van der Waals surface area contributed by atoms with E-state index in [1.807, 2.05) is 26.0 Å². The van der Waals surface area contributed by atoms with Crippen LogP contribution < -0.4 is 9.47 Å². The van der Waals surface area contributed by atoms with Crippen molar-refractivity contribution in [3.05, 3.63) is 52.8 Å². The van der Waals surface area contributed by atoms with Crippen LogP contribution in [0, 0.1) is 11.3 Å². The van der Waals surface area contributed by atoms with Crippen LogP contribution in [-0.4, -0.2) is 25.2 Å². The second-order valence-electron chi connectivity index (χ2n) is 5.35. The van der Waals surface area contributed by atoms with E-state index in [1.165, 1.54) is 13.2 Å². The zero-order valence-corrected chi connectivity index (χ0v) is 14.7. The summed E-state index contributed by atoms with van der Waals surface area (Å²) in [4.78, 5) is 15.9. The fourth-order valence-corrected chi connectivity index (χ4v) is 2.40. The topological polar surface area (TPSA) is 81.4 Å². The van der Waals surface area contributed by atoms with E-state index in [2.05, 4.69) is 9.72 Å². The Morgan fingerprint density at radius 3 is 2.64 bits per heavy atom. The SMILES string of the molecule is CCc1cc(C(C)Oc2ccc(C(=O)OC)cc2C#N)c(OC)cn1. The fourth-order valence-electron chi connectivity index (χ4n) is 2.40. The van der Waals surface area contributed by atoms with Gasteiger partial charge in [0.25, 0.3) is 0 Å². The molecule has 2 aromatic rings. The van der Waals surface area contributed by atoms with E-state index in [1.54, 1.807) is 25.4 Å². The lowest BCUT2D eigenvalue weighted by molar-refractivity contribution is 0.0600. The highest BCUT2D eigenvalue weighted by Crippen LogP contribution is 2.31. The van der Waals surface area contributed by atoms with Gasteiger partial charge in [0.2, 0.25) is 0 Å². The predicted molar refractivity (Wildman–Crippen MR) is 91.7 cm³/mol. The molecule has 0 fully saturated rings. The summed E-state index contributed by atoms with van der Waals surface area (Å²) in [6.45, 7) is 3.89. The van der Waals surface area contributed by atoms with Crippen molar-refractivity contribution in [2.75, 3.05) is 14.2 Å². The number of rotatable bonds is 6. The molecule has 6 nitrogen and oxygen atoms in total. The van der Waals surface area contributed by atoms with Gasteiger partial charge in [0.1, 0.15) is 23.7 Å². The number of carbonyl (C=O) groups excluding carboxylic acids is 1. The molecule has 1 heterocycles. The summed E-state index contributed by atoms with van der Waals surface area (Å²) >= 11 is 0. The second kappa shape index (κ2) is 8.15. The minimum atomic E-state index is -0.500. The molecule has 0 N–H and O–H groups in total. The van der Waals surface area contributed by atoms with Gasteiger partial charge in [0.15, 0.2) is 0 Å². The van der Waals surface area contributed by atoms with E-state index < -0.39 is 5.97 Å². The zero-order chi connectivity index (χ0) is 18.4. The number of nitrogens with zero attached hydrogens (tertiary/aromatic N) is 2. The summed E-state index contributed by atoms with van der Waals surface area (Å²) in [6, 6.07) is 8.59. The Balaban J connectivity index is 2.33. The molecule has 0 aliphatic carbocycles. The maximum Gasteiger partial charge on any atom is 0.337 e. The van der Waals surface area contributed by atoms with E-state index in [4.69, 9.17) is 9.47 Å². The van der Waals surface area contributed by atoms with Gasteiger partial charge in [-0.15, -0.1) is 0 Å². The Labute approximate surface area is 147 Å². The molecule has 0 radical (unpaired) electrons. The number of hydrogen-bond donors (Lipinski definition) is 0. The first-order valence-electron chi connectivity index (χ1n) is 7.85. The predicted octanol–water partition coefficient (Wildman–Crippen LogP) is 3.45. The minimum absolute atomic E-state index is 0.262. The summed E-state index contributed by atoms with van der Waals surface area (Å²) in [5, 5.41) is 9.35. The molecule has 0 spiro atoms. The number of pyridine rings is 1. The van der Waals surface area contributed by atoms with Crippen molar-refractivity contribution in [2.45, 2.75) is 26.4 Å². The highest BCUT2D eigenvalue weighted by Gasteiger charge is 2.17. The van der Waals surface area contributed by atoms with Crippen molar-refractivity contribution in [1.82, 2.24) is 4.98 Å². The third kappa shape index (κ3) is 4.07. The summed E-state index contributed by atoms with van der Waals surface area (Å²) in [5.74, 6) is 0.508. The van der Waals surface area contributed by atoms with Crippen LogP contribution in [0.25, 0.3) is 0 Å². The molecule has 130 valence electrons. The fraction of sp³-hybridized carbons (Fsp3) is 0.316. The van der Waals surface area contributed by atoms with Gasteiger partial charge in [-0.25, -0.2) is 4.79 Å². The first-order chi connectivity index (χ1) is 12.0. The van der Waals surface area contributed by atoms with Crippen LogP contribution in [0.15, 0.2) is 30.5 Å². The molecule has 1 aromatic heterocycles. The Morgan fingerprint density at radius 2 is 2.04 bits per heavy atom. The van der Waals surface area contributed by atoms with Gasteiger partial charge in [-0.05, 0) is 37.6 Å². The lowest BCUT2D eigenvalue weighted by Crippen LogP contribution is -2.08. The number of esters is 1. The van der Waals surface area contributed by atoms with Crippen molar-refractivity contribution in [1.29, 1.82) is 5.26 Å². The molecule has 25 heavy (non-hydrogen) atoms. The van der Waals surface area contributed by atoms with E-state index in [-0.39, 0.29) is 11.7 Å². The maximum absolute atomic E-state index is 11.6. The number of carbonyl (C=O) groups is 1. The monoisotopic (exact) mass is 340 g/mol. The molecule has 6 heteroatoms. The summed E-state index contributed by atoms with van der Waals surface area (Å²) in [7, 11) is 2.87. The molecular weight excluding hydrogens is 320 g/mol. The molecule has 0 aliphatic rings. The number of methoxy groups -OCH3 is 2. The summed E-state index contributed by atoms with van der Waals surface area (Å²) in [5.41, 5.74) is 2.33. The van der Waals surface area contributed by atoms with Crippen LogP contribution in [0.3, 0.4) is 0 Å².